The number of rotatable bonds is 6. The summed E-state index contributed by atoms with van der Waals surface area (Å²) in [6.07, 6.45) is -0.865. The highest BCUT2D eigenvalue weighted by molar-refractivity contribution is 7.15. The fourth-order valence-electron chi connectivity index (χ4n) is 3.10. The van der Waals surface area contributed by atoms with Crippen LogP contribution < -0.4 is 10.1 Å². The number of halogens is 2. The van der Waals surface area contributed by atoms with Crippen LogP contribution in [0.2, 0.25) is 10.0 Å². The third kappa shape index (κ3) is 5.21. The molecule has 162 valence electrons. The SMILES string of the molecule is COC(=O)c1c(-c2ccc(C)cc2C)csc1NC(=O)C(C)Oc1ccc(Cl)cc1Cl. The van der Waals surface area contributed by atoms with Crippen LogP contribution in [0.1, 0.15) is 28.4 Å². The second-order valence-electron chi connectivity index (χ2n) is 6.99. The van der Waals surface area contributed by atoms with E-state index in [4.69, 9.17) is 32.7 Å². The van der Waals surface area contributed by atoms with E-state index in [1.54, 1.807) is 19.1 Å². The largest absolute Gasteiger partial charge is 0.479 e. The third-order valence-electron chi connectivity index (χ3n) is 4.66. The number of carbonyl (C=O) groups excluding carboxylic acids is 2. The van der Waals surface area contributed by atoms with E-state index in [1.165, 1.54) is 24.5 Å². The fraction of sp³-hybridized carbons (Fsp3) is 0.217. The molecule has 0 saturated heterocycles. The van der Waals surface area contributed by atoms with Gasteiger partial charge in [0.05, 0.1) is 12.1 Å². The lowest BCUT2D eigenvalue weighted by Crippen LogP contribution is -2.30. The molecule has 0 aliphatic carbocycles. The molecule has 1 atom stereocenters. The predicted molar refractivity (Wildman–Crippen MR) is 126 cm³/mol. The van der Waals surface area contributed by atoms with Crippen molar-refractivity contribution in [2.75, 3.05) is 12.4 Å². The van der Waals surface area contributed by atoms with E-state index in [0.717, 1.165) is 16.7 Å². The Morgan fingerprint density at radius 2 is 1.81 bits per heavy atom. The van der Waals surface area contributed by atoms with Crippen LogP contribution in [0.15, 0.2) is 41.8 Å². The van der Waals surface area contributed by atoms with Gasteiger partial charge in [0.15, 0.2) is 6.10 Å². The number of nitrogens with one attached hydrogen (secondary N) is 1. The van der Waals surface area contributed by atoms with Crippen molar-refractivity contribution in [3.05, 3.63) is 68.5 Å². The molecule has 3 aromatic rings. The summed E-state index contributed by atoms with van der Waals surface area (Å²) in [6.45, 7) is 5.58. The quantitative estimate of drug-likeness (QED) is 0.409. The average Bonchev–Trinajstić information content (AvgIpc) is 3.12. The first-order valence-electron chi connectivity index (χ1n) is 9.41. The van der Waals surface area contributed by atoms with E-state index in [0.29, 0.717) is 31.9 Å². The van der Waals surface area contributed by atoms with E-state index in [-0.39, 0.29) is 0 Å². The Balaban J connectivity index is 1.87. The number of carbonyl (C=O) groups is 2. The van der Waals surface area contributed by atoms with Crippen LogP contribution in [0.3, 0.4) is 0 Å². The maximum atomic E-state index is 12.8. The molecular formula is C23H21Cl2NO4S. The Kier molecular flexibility index (Phi) is 7.26. The number of hydrogen-bond acceptors (Lipinski definition) is 5. The summed E-state index contributed by atoms with van der Waals surface area (Å²) in [6, 6.07) is 10.7. The second kappa shape index (κ2) is 9.73. The van der Waals surface area contributed by atoms with Gasteiger partial charge in [0, 0.05) is 16.0 Å². The number of anilines is 1. The van der Waals surface area contributed by atoms with Crippen molar-refractivity contribution < 1.29 is 19.1 Å². The molecule has 1 unspecified atom stereocenters. The Bertz CT molecular complexity index is 1140. The lowest BCUT2D eigenvalue weighted by atomic mass is 9.97. The Labute approximate surface area is 194 Å². The molecule has 5 nitrogen and oxygen atoms in total. The minimum atomic E-state index is -0.865. The summed E-state index contributed by atoms with van der Waals surface area (Å²) in [5, 5.41) is 5.78. The van der Waals surface area contributed by atoms with Crippen LogP contribution in [0, 0.1) is 13.8 Å². The van der Waals surface area contributed by atoms with Gasteiger partial charge < -0.3 is 14.8 Å². The van der Waals surface area contributed by atoms with Gasteiger partial charge in [-0.1, -0.05) is 47.0 Å². The van der Waals surface area contributed by atoms with E-state index in [1.807, 2.05) is 37.4 Å². The molecular weight excluding hydrogens is 457 g/mol. The third-order valence-corrected chi connectivity index (χ3v) is 6.08. The minimum absolute atomic E-state index is 0.302. The molecule has 1 amide bonds. The number of thiophene rings is 1. The van der Waals surface area contributed by atoms with Crippen LogP contribution in [-0.4, -0.2) is 25.1 Å². The molecule has 8 heteroatoms. The van der Waals surface area contributed by atoms with Crippen LogP contribution in [-0.2, 0) is 9.53 Å². The van der Waals surface area contributed by atoms with Gasteiger partial charge in [-0.05, 0) is 50.1 Å². The summed E-state index contributed by atoms with van der Waals surface area (Å²) in [5.74, 6) is -0.616. The zero-order valence-electron chi connectivity index (χ0n) is 17.4. The van der Waals surface area contributed by atoms with Gasteiger partial charge in [0.25, 0.3) is 5.91 Å². The summed E-state index contributed by atoms with van der Waals surface area (Å²) in [4.78, 5) is 25.3. The van der Waals surface area contributed by atoms with Crippen molar-refractivity contribution in [3.8, 4) is 16.9 Å². The topological polar surface area (TPSA) is 64.6 Å². The molecule has 1 N–H and O–H groups in total. The van der Waals surface area contributed by atoms with Crippen LogP contribution in [0.25, 0.3) is 11.1 Å². The first kappa shape index (κ1) is 23.1. The van der Waals surface area contributed by atoms with E-state index in [2.05, 4.69) is 5.32 Å². The van der Waals surface area contributed by atoms with Crippen LogP contribution >= 0.6 is 34.5 Å². The zero-order valence-corrected chi connectivity index (χ0v) is 19.7. The second-order valence-corrected chi connectivity index (χ2v) is 8.71. The molecule has 1 heterocycles. The number of aryl methyl sites for hydroxylation is 2. The van der Waals surface area contributed by atoms with Gasteiger partial charge in [-0.15, -0.1) is 11.3 Å². The maximum Gasteiger partial charge on any atom is 0.341 e. The summed E-state index contributed by atoms with van der Waals surface area (Å²) in [5.41, 5.74) is 4.06. The van der Waals surface area contributed by atoms with Gasteiger partial charge in [0.1, 0.15) is 16.3 Å². The summed E-state index contributed by atoms with van der Waals surface area (Å²) < 4.78 is 10.7. The van der Waals surface area contributed by atoms with E-state index in [9.17, 15) is 9.59 Å². The lowest BCUT2D eigenvalue weighted by Gasteiger charge is -2.16. The van der Waals surface area contributed by atoms with Crippen molar-refractivity contribution in [2.45, 2.75) is 26.9 Å². The molecule has 0 fully saturated rings. The number of hydrogen-bond donors (Lipinski definition) is 1. The normalized spacial score (nSPS) is 11.7. The zero-order chi connectivity index (χ0) is 22.7. The van der Waals surface area contributed by atoms with Gasteiger partial charge in [-0.2, -0.15) is 0 Å². The standard InChI is InChI=1S/C23H21Cl2NO4S/c1-12-5-7-16(13(2)9-12)17-11-31-22(20(17)23(28)29-4)26-21(27)14(3)30-19-8-6-15(24)10-18(19)25/h5-11,14H,1-4H3,(H,26,27). The molecule has 2 aromatic carbocycles. The Morgan fingerprint density at radius 3 is 2.45 bits per heavy atom. The first-order valence-corrected chi connectivity index (χ1v) is 11.0. The maximum absolute atomic E-state index is 12.8. The van der Waals surface area contributed by atoms with Gasteiger partial charge in [-0.25, -0.2) is 4.79 Å². The molecule has 0 saturated carbocycles. The monoisotopic (exact) mass is 477 g/mol. The molecule has 0 radical (unpaired) electrons. The van der Waals surface area contributed by atoms with E-state index < -0.39 is 18.0 Å². The van der Waals surface area contributed by atoms with Crippen LogP contribution in [0.5, 0.6) is 5.75 Å². The highest BCUT2D eigenvalue weighted by atomic mass is 35.5. The molecule has 0 aliphatic heterocycles. The van der Waals surface area contributed by atoms with Crippen LogP contribution in [0.4, 0.5) is 5.00 Å². The summed E-state index contributed by atoms with van der Waals surface area (Å²) >= 11 is 13.3. The molecule has 0 bridgehead atoms. The highest BCUT2D eigenvalue weighted by Crippen LogP contribution is 2.38. The molecule has 0 aliphatic rings. The first-order chi connectivity index (χ1) is 14.7. The Hall–Kier alpha value is -2.54. The van der Waals surface area contributed by atoms with Crippen molar-refractivity contribution >= 4 is 51.4 Å². The molecule has 0 spiro atoms. The lowest BCUT2D eigenvalue weighted by molar-refractivity contribution is -0.122. The highest BCUT2D eigenvalue weighted by Gasteiger charge is 2.25. The summed E-state index contributed by atoms with van der Waals surface area (Å²) in [7, 11) is 1.31. The number of ether oxygens (including phenoxy) is 2. The van der Waals surface area contributed by atoms with Gasteiger partial charge in [-0.3, -0.25) is 4.79 Å². The molecule has 31 heavy (non-hydrogen) atoms. The number of esters is 1. The van der Waals surface area contributed by atoms with Crippen molar-refractivity contribution in [3.63, 3.8) is 0 Å². The number of amides is 1. The Morgan fingerprint density at radius 1 is 1.06 bits per heavy atom. The van der Waals surface area contributed by atoms with Crippen molar-refractivity contribution in [1.29, 1.82) is 0 Å². The smallest absolute Gasteiger partial charge is 0.341 e. The van der Waals surface area contributed by atoms with Crippen molar-refractivity contribution in [2.24, 2.45) is 0 Å². The van der Waals surface area contributed by atoms with Gasteiger partial charge in [0.2, 0.25) is 0 Å². The average molecular weight is 478 g/mol. The molecule has 3 rings (SSSR count). The number of benzene rings is 2. The minimum Gasteiger partial charge on any atom is -0.479 e. The molecule has 1 aromatic heterocycles. The van der Waals surface area contributed by atoms with E-state index >= 15 is 0 Å². The van der Waals surface area contributed by atoms with Crippen molar-refractivity contribution in [1.82, 2.24) is 0 Å². The fourth-order valence-corrected chi connectivity index (χ4v) is 4.50. The number of methoxy groups -OCH3 is 1. The van der Waals surface area contributed by atoms with Gasteiger partial charge >= 0.3 is 5.97 Å². The predicted octanol–water partition coefficient (Wildman–Crippen LogP) is 6.53.